The molecule has 110 valence electrons. The van der Waals surface area contributed by atoms with Crippen LogP contribution < -0.4 is 5.32 Å². The molecule has 2 atom stereocenters. The number of ether oxygens (including phenoxy) is 1. The molecule has 2 saturated heterocycles. The largest absolute Gasteiger partial charge is 0.444 e. The lowest BCUT2D eigenvalue weighted by Gasteiger charge is -2.33. The van der Waals surface area contributed by atoms with Gasteiger partial charge in [-0.2, -0.15) is 0 Å². The number of nitrogens with zero attached hydrogens (tertiary/aromatic N) is 2. The zero-order chi connectivity index (χ0) is 14.0. The summed E-state index contributed by atoms with van der Waals surface area (Å²) in [5.74, 6) is 0. The predicted molar refractivity (Wildman–Crippen MR) is 72.0 cm³/mol. The number of amides is 1. The minimum Gasteiger partial charge on any atom is -0.444 e. The number of hydrogen-bond acceptors (Lipinski definition) is 5. The molecular formula is C13H25N3O3. The number of aliphatic hydroxyl groups is 1. The first-order chi connectivity index (χ1) is 8.87. The molecule has 0 unspecified atom stereocenters. The van der Waals surface area contributed by atoms with Crippen molar-refractivity contribution in [2.24, 2.45) is 0 Å². The van der Waals surface area contributed by atoms with E-state index in [9.17, 15) is 9.90 Å². The summed E-state index contributed by atoms with van der Waals surface area (Å²) in [6.07, 6.45) is -0.810. The number of piperazine rings is 1. The van der Waals surface area contributed by atoms with E-state index in [-0.39, 0.29) is 12.1 Å². The number of carbonyl (C=O) groups excluding carboxylic acids is 1. The Hall–Kier alpha value is -0.850. The first-order valence-corrected chi connectivity index (χ1v) is 6.97. The Kier molecular flexibility index (Phi) is 4.32. The molecule has 0 saturated carbocycles. The van der Waals surface area contributed by atoms with Gasteiger partial charge in [-0.1, -0.05) is 0 Å². The van der Waals surface area contributed by atoms with Crippen LogP contribution in [0.5, 0.6) is 0 Å². The van der Waals surface area contributed by atoms with Gasteiger partial charge in [-0.15, -0.1) is 0 Å². The highest BCUT2D eigenvalue weighted by Crippen LogP contribution is 2.19. The van der Waals surface area contributed by atoms with Gasteiger partial charge in [0.05, 0.1) is 18.7 Å². The molecule has 0 radical (unpaired) electrons. The summed E-state index contributed by atoms with van der Waals surface area (Å²) in [5.41, 5.74) is -0.491. The predicted octanol–water partition coefficient (Wildman–Crippen LogP) is -0.128. The number of β-amino-alcohol motifs (C(OH)–C–C–N with tert-alkyl or cyclic N) is 1. The van der Waals surface area contributed by atoms with Crippen molar-refractivity contribution in [3.05, 3.63) is 0 Å². The topological polar surface area (TPSA) is 65.0 Å². The van der Waals surface area contributed by atoms with E-state index >= 15 is 0 Å². The molecule has 2 fully saturated rings. The van der Waals surface area contributed by atoms with Crippen LogP contribution in [0, 0.1) is 0 Å². The molecule has 2 aliphatic heterocycles. The molecule has 0 bridgehead atoms. The fourth-order valence-corrected chi connectivity index (χ4v) is 2.62. The van der Waals surface area contributed by atoms with Crippen LogP contribution in [0.4, 0.5) is 4.79 Å². The Morgan fingerprint density at radius 1 is 1.26 bits per heavy atom. The molecule has 1 amide bonds. The smallest absolute Gasteiger partial charge is 0.410 e. The molecular weight excluding hydrogens is 246 g/mol. The fraction of sp³-hybridized carbons (Fsp3) is 0.923. The molecule has 0 aliphatic carbocycles. The van der Waals surface area contributed by atoms with Gasteiger partial charge in [-0.25, -0.2) is 4.79 Å². The van der Waals surface area contributed by atoms with Crippen molar-refractivity contribution in [2.45, 2.75) is 38.5 Å². The van der Waals surface area contributed by atoms with Crippen molar-refractivity contribution in [1.29, 1.82) is 0 Å². The molecule has 6 nitrogen and oxygen atoms in total. The Labute approximate surface area is 114 Å². The lowest BCUT2D eigenvalue weighted by molar-refractivity contribution is 0.0269. The molecule has 0 aromatic carbocycles. The van der Waals surface area contributed by atoms with Gasteiger partial charge in [0, 0.05) is 32.7 Å². The second kappa shape index (κ2) is 5.64. The summed E-state index contributed by atoms with van der Waals surface area (Å²) in [4.78, 5) is 15.9. The molecule has 0 aromatic rings. The minimum atomic E-state index is -0.491. The Morgan fingerprint density at radius 2 is 1.89 bits per heavy atom. The molecule has 0 aromatic heterocycles. The van der Waals surface area contributed by atoms with Crippen LogP contribution in [-0.4, -0.2) is 78.0 Å². The number of likely N-dealkylation sites (tertiary alicyclic amines) is 1. The van der Waals surface area contributed by atoms with Gasteiger partial charge < -0.3 is 20.1 Å². The van der Waals surface area contributed by atoms with Gasteiger partial charge in [0.15, 0.2) is 0 Å². The lowest BCUT2D eigenvalue weighted by atomic mass is 10.1. The van der Waals surface area contributed by atoms with Gasteiger partial charge in [-0.3, -0.25) is 4.90 Å². The van der Waals surface area contributed by atoms with E-state index in [4.69, 9.17) is 4.74 Å². The second-order valence-corrected chi connectivity index (χ2v) is 6.31. The van der Waals surface area contributed by atoms with Crippen LogP contribution in [0.25, 0.3) is 0 Å². The van der Waals surface area contributed by atoms with E-state index in [0.717, 1.165) is 26.2 Å². The van der Waals surface area contributed by atoms with Gasteiger partial charge in [-0.05, 0) is 20.8 Å². The molecule has 2 heterocycles. The summed E-state index contributed by atoms with van der Waals surface area (Å²) in [5, 5.41) is 13.4. The molecule has 2 rings (SSSR count). The summed E-state index contributed by atoms with van der Waals surface area (Å²) in [6.45, 7) is 10.2. The highest BCUT2D eigenvalue weighted by molar-refractivity contribution is 5.68. The van der Waals surface area contributed by atoms with Crippen molar-refractivity contribution >= 4 is 6.09 Å². The van der Waals surface area contributed by atoms with Gasteiger partial charge in [0.25, 0.3) is 0 Å². The van der Waals surface area contributed by atoms with E-state index in [2.05, 4.69) is 10.2 Å². The fourth-order valence-electron chi connectivity index (χ4n) is 2.62. The van der Waals surface area contributed by atoms with Crippen molar-refractivity contribution in [3.8, 4) is 0 Å². The zero-order valence-electron chi connectivity index (χ0n) is 12.1. The average Bonchev–Trinajstić information content (AvgIpc) is 2.70. The maximum atomic E-state index is 12.0. The van der Waals surface area contributed by atoms with Gasteiger partial charge >= 0.3 is 6.09 Å². The van der Waals surface area contributed by atoms with E-state index in [0.29, 0.717) is 13.1 Å². The highest BCUT2D eigenvalue weighted by Gasteiger charge is 2.39. The molecule has 2 N–H and O–H groups in total. The van der Waals surface area contributed by atoms with Gasteiger partial charge in [0.1, 0.15) is 5.60 Å². The molecule has 19 heavy (non-hydrogen) atoms. The van der Waals surface area contributed by atoms with Crippen molar-refractivity contribution < 1.29 is 14.6 Å². The number of nitrogens with one attached hydrogen (secondary N) is 1. The summed E-state index contributed by atoms with van der Waals surface area (Å²) >= 11 is 0. The third-order valence-corrected chi connectivity index (χ3v) is 3.53. The van der Waals surface area contributed by atoms with Crippen LogP contribution in [0.2, 0.25) is 0 Å². The maximum Gasteiger partial charge on any atom is 0.410 e. The summed E-state index contributed by atoms with van der Waals surface area (Å²) in [7, 11) is 0. The van der Waals surface area contributed by atoms with E-state index in [1.165, 1.54) is 0 Å². The van der Waals surface area contributed by atoms with Crippen LogP contribution in [-0.2, 0) is 4.74 Å². The monoisotopic (exact) mass is 271 g/mol. The van der Waals surface area contributed by atoms with E-state index in [1.807, 2.05) is 20.8 Å². The third kappa shape index (κ3) is 3.81. The van der Waals surface area contributed by atoms with Crippen LogP contribution in [0.15, 0.2) is 0 Å². The number of hydrogen-bond donors (Lipinski definition) is 2. The van der Waals surface area contributed by atoms with Crippen molar-refractivity contribution in [2.75, 3.05) is 39.3 Å². The normalized spacial score (nSPS) is 29.6. The number of rotatable bonds is 1. The second-order valence-electron chi connectivity index (χ2n) is 6.31. The maximum absolute atomic E-state index is 12.0. The van der Waals surface area contributed by atoms with Gasteiger partial charge in [0.2, 0.25) is 0 Å². The van der Waals surface area contributed by atoms with Crippen LogP contribution in [0.3, 0.4) is 0 Å². The standard InChI is InChI=1S/C13H25N3O3/c1-13(2,3)19-12(18)16-8-10(11(17)9-16)15-6-4-14-5-7-15/h10-11,14,17H,4-9H2,1-3H3/t10-,11+/m0/s1. The Bertz CT molecular complexity index is 324. The highest BCUT2D eigenvalue weighted by atomic mass is 16.6. The average molecular weight is 271 g/mol. The summed E-state index contributed by atoms with van der Waals surface area (Å²) in [6, 6.07) is 0.0367. The van der Waals surface area contributed by atoms with E-state index in [1.54, 1.807) is 4.90 Å². The minimum absolute atomic E-state index is 0.0367. The van der Waals surface area contributed by atoms with Crippen molar-refractivity contribution in [1.82, 2.24) is 15.1 Å². The first kappa shape index (κ1) is 14.6. The Morgan fingerprint density at radius 3 is 2.47 bits per heavy atom. The van der Waals surface area contributed by atoms with Crippen LogP contribution >= 0.6 is 0 Å². The van der Waals surface area contributed by atoms with E-state index < -0.39 is 11.7 Å². The number of aliphatic hydroxyl groups excluding tert-OH is 1. The summed E-state index contributed by atoms with van der Waals surface area (Å²) < 4.78 is 5.35. The molecule has 0 spiro atoms. The third-order valence-electron chi connectivity index (χ3n) is 3.53. The Balaban J connectivity index is 1.91. The zero-order valence-corrected chi connectivity index (χ0v) is 12.1. The quantitative estimate of drug-likeness (QED) is 0.695. The van der Waals surface area contributed by atoms with Crippen molar-refractivity contribution in [3.63, 3.8) is 0 Å². The van der Waals surface area contributed by atoms with Crippen LogP contribution in [0.1, 0.15) is 20.8 Å². The lowest BCUT2D eigenvalue weighted by Crippen LogP contribution is -2.52. The SMILES string of the molecule is CC(C)(C)OC(=O)N1C[C@@H](O)[C@@H](N2CCNCC2)C1. The first-order valence-electron chi connectivity index (χ1n) is 6.97. The molecule has 2 aliphatic rings. The number of carbonyl (C=O) groups is 1. The molecule has 6 heteroatoms.